The normalized spacial score (nSPS) is 10.4. The lowest BCUT2D eigenvalue weighted by Gasteiger charge is -2.02. The molecule has 1 aromatic carbocycles. The summed E-state index contributed by atoms with van der Waals surface area (Å²) < 4.78 is 25.6. The van der Waals surface area contributed by atoms with Crippen LogP contribution in [-0.4, -0.2) is 5.11 Å². The van der Waals surface area contributed by atoms with Gasteiger partial charge < -0.3 is 5.11 Å². The molecular formula is C10H12F2O. The Bertz CT molecular complexity index is 274. The maximum Gasteiger partial charge on any atom is 0.187 e. The zero-order chi connectivity index (χ0) is 9.84. The van der Waals surface area contributed by atoms with E-state index in [0.29, 0.717) is 12.0 Å². The van der Waals surface area contributed by atoms with E-state index in [1.54, 1.807) is 0 Å². The minimum atomic E-state index is -0.889. The second kappa shape index (κ2) is 4.21. The highest BCUT2D eigenvalue weighted by Gasteiger charge is 2.08. The van der Waals surface area contributed by atoms with Gasteiger partial charge in [0.2, 0.25) is 0 Å². The summed E-state index contributed by atoms with van der Waals surface area (Å²) in [6, 6.07) is 2.35. The van der Waals surface area contributed by atoms with Crippen molar-refractivity contribution in [2.45, 2.75) is 26.2 Å². The average Bonchev–Trinajstić information content (AvgIpc) is 2.10. The van der Waals surface area contributed by atoms with Crippen LogP contribution in [0.15, 0.2) is 12.1 Å². The van der Waals surface area contributed by atoms with Crippen molar-refractivity contribution in [3.8, 4) is 5.75 Å². The van der Waals surface area contributed by atoms with Gasteiger partial charge in [0, 0.05) is 0 Å². The van der Waals surface area contributed by atoms with E-state index >= 15 is 0 Å². The van der Waals surface area contributed by atoms with Gasteiger partial charge >= 0.3 is 0 Å². The lowest BCUT2D eigenvalue weighted by Crippen LogP contribution is -1.90. The molecule has 0 aromatic heterocycles. The van der Waals surface area contributed by atoms with Crippen LogP contribution >= 0.6 is 0 Å². The monoisotopic (exact) mass is 186 g/mol. The van der Waals surface area contributed by atoms with Crippen LogP contribution in [0, 0.1) is 11.6 Å². The molecule has 72 valence electrons. The van der Waals surface area contributed by atoms with Crippen molar-refractivity contribution in [1.82, 2.24) is 0 Å². The van der Waals surface area contributed by atoms with E-state index in [9.17, 15) is 8.78 Å². The number of phenols is 1. The predicted octanol–water partition coefficient (Wildman–Crippen LogP) is 3.01. The first-order valence-electron chi connectivity index (χ1n) is 4.32. The number of benzene rings is 1. The van der Waals surface area contributed by atoms with Gasteiger partial charge in [0.25, 0.3) is 0 Å². The quantitative estimate of drug-likeness (QED) is 0.769. The maximum atomic E-state index is 12.8. The Morgan fingerprint density at radius 3 is 2.23 bits per heavy atom. The fourth-order valence-electron chi connectivity index (χ4n) is 1.14. The molecule has 0 aliphatic carbocycles. The third-order valence-corrected chi connectivity index (χ3v) is 1.90. The molecule has 3 heteroatoms. The van der Waals surface area contributed by atoms with Gasteiger partial charge in [0.1, 0.15) is 0 Å². The molecule has 0 aliphatic heterocycles. The number of rotatable bonds is 3. The molecule has 1 N–H and O–H groups in total. The number of unbranched alkanes of at least 4 members (excludes halogenated alkanes) is 1. The van der Waals surface area contributed by atoms with Gasteiger partial charge in [0.05, 0.1) is 0 Å². The van der Waals surface area contributed by atoms with Crippen molar-refractivity contribution >= 4 is 0 Å². The van der Waals surface area contributed by atoms with Crippen LogP contribution in [0.25, 0.3) is 0 Å². The molecule has 0 bridgehead atoms. The Morgan fingerprint density at radius 2 is 1.77 bits per heavy atom. The molecule has 0 radical (unpaired) electrons. The molecule has 1 nitrogen and oxygen atoms in total. The van der Waals surface area contributed by atoms with Crippen molar-refractivity contribution in [2.75, 3.05) is 0 Å². The Kier molecular flexibility index (Phi) is 3.23. The summed E-state index contributed by atoms with van der Waals surface area (Å²) in [5.41, 5.74) is 0.592. The fourth-order valence-corrected chi connectivity index (χ4v) is 1.14. The van der Waals surface area contributed by atoms with E-state index in [0.717, 1.165) is 12.8 Å². The molecule has 1 aromatic rings. The highest BCUT2D eigenvalue weighted by atomic mass is 19.1. The molecular weight excluding hydrogens is 174 g/mol. The summed E-state index contributed by atoms with van der Waals surface area (Å²) in [5, 5.41) is 8.81. The Morgan fingerprint density at radius 1 is 1.23 bits per heavy atom. The molecule has 0 fully saturated rings. The summed E-state index contributed by atoms with van der Waals surface area (Å²) in [6.07, 6.45) is 2.51. The molecule has 0 spiro atoms. The molecule has 0 amide bonds. The SMILES string of the molecule is CCCCc1cc(F)c(O)c(F)c1. The number of hydrogen-bond acceptors (Lipinski definition) is 1. The molecule has 0 saturated carbocycles. The molecule has 0 saturated heterocycles. The lowest BCUT2D eigenvalue weighted by molar-refractivity contribution is 0.395. The van der Waals surface area contributed by atoms with E-state index in [4.69, 9.17) is 5.11 Å². The van der Waals surface area contributed by atoms with Gasteiger partial charge in [-0.25, -0.2) is 8.78 Å². The predicted molar refractivity (Wildman–Crippen MR) is 46.6 cm³/mol. The first-order chi connectivity index (χ1) is 6.15. The van der Waals surface area contributed by atoms with Gasteiger partial charge in [-0.05, 0) is 30.5 Å². The second-order valence-electron chi connectivity index (χ2n) is 3.01. The Labute approximate surface area is 76.0 Å². The van der Waals surface area contributed by atoms with E-state index in [2.05, 4.69) is 0 Å². The Balaban J connectivity index is 2.86. The Hall–Kier alpha value is -1.12. The number of phenolic OH excluding ortho intramolecular Hbond substituents is 1. The number of halogens is 2. The molecule has 0 heterocycles. The van der Waals surface area contributed by atoms with Crippen LogP contribution in [0.4, 0.5) is 8.78 Å². The average molecular weight is 186 g/mol. The zero-order valence-electron chi connectivity index (χ0n) is 7.48. The zero-order valence-corrected chi connectivity index (χ0v) is 7.48. The van der Waals surface area contributed by atoms with Crippen LogP contribution in [0.1, 0.15) is 25.3 Å². The van der Waals surface area contributed by atoms with E-state index in [1.807, 2.05) is 6.92 Å². The summed E-state index contributed by atoms with van der Waals surface area (Å²) in [4.78, 5) is 0. The van der Waals surface area contributed by atoms with Gasteiger partial charge in [-0.1, -0.05) is 13.3 Å². The van der Waals surface area contributed by atoms with Gasteiger partial charge in [0.15, 0.2) is 17.4 Å². The van der Waals surface area contributed by atoms with E-state index in [-0.39, 0.29) is 0 Å². The minimum absolute atomic E-state index is 0.592. The van der Waals surface area contributed by atoms with Crippen molar-refractivity contribution in [2.24, 2.45) is 0 Å². The standard InChI is InChI=1S/C10H12F2O/c1-2-3-4-7-5-8(11)10(13)9(12)6-7/h5-6,13H,2-4H2,1H3. The molecule has 0 atom stereocenters. The summed E-state index contributed by atoms with van der Waals surface area (Å²) in [6.45, 7) is 2.01. The van der Waals surface area contributed by atoms with Crippen molar-refractivity contribution in [1.29, 1.82) is 0 Å². The van der Waals surface area contributed by atoms with Gasteiger partial charge in [-0.3, -0.25) is 0 Å². The molecule has 0 unspecified atom stereocenters. The van der Waals surface area contributed by atoms with Crippen molar-refractivity contribution in [3.05, 3.63) is 29.3 Å². The number of aromatic hydroxyl groups is 1. The fraction of sp³-hybridized carbons (Fsp3) is 0.400. The number of aryl methyl sites for hydroxylation is 1. The van der Waals surface area contributed by atoms with Gasteiger partial charge in [-0.15, -0.1) is 0 Å². The van der Waals surface area contributed by atoms with E-state index in [1.165, 1.54) is 12.1 Å². The lowest BCUT2D eigenvalue weighted by atomic mass is 10.1. The smallest absolute Gasteiger partial charge is 0.187 e. The third-order valence-electron chi connectivity index (χ3n) is 1.90. The van der Waals surface area contributed by atoms with E-state index < -0.39 is 17.4 Å². The van der Waals surface area contributed by atoms with Crippen molar-refractivity contribution in [3.63, 3.8) is 0 Å². The first-order valence-corrected chi connectivity index (χ1v) is 4.32. The van der Waals surface area contributed by atoms with Crippen LogP contribution in [-0.2, 0) is 6.42 Å². The minimum Gasteiger partial charge on any atom is -0.503 e. The highest BCUT2D eigenvalue weighted by Crippen LogP contribution is 2.22. The largest absolute Gasteiger partial charge is 0.503 e. The van der Waals surface area contributed by atoms with Crippen LogP contribution in [0.2, 0.25) is 0 Å². The van der Waals surface area contributed by atoms with Crippen LogP contribution in [0.5, 0.6) is 5.75 Å². The molecule has 0 aliphatic rings. The highest BCUT2D eigenvalue weighted by molar-refractivity contribution is 5.30. The third kappa shape index (κ3) is 2.41. The summed E-state index contributed by atoms with van der Waals surface area (Å²) in [7, 11) is 0. The summed E-state index contributed by atoms with van der Waals surface area (Å²) >= 11 is 0. The molecule has 13 heavy (non-hydrogen) atoms. The van der Waals surface area contributed by atoms with Crippen LogP contribution in [0.3, 0.4) is 0 Å². The molecule has 1 rings (SSSR count). The van der Waals surface area contributed by atoms with Crippen LogP contribution < -0.4 is 0 Å². The number of hydrogen-bond donors (Lipinski definition) is 1. The summed E-state index contributed by atoms with van der Waals surface area (Å²) in [5.74, 6) is -2.66. The second-order valence-corrected chi connectivity index (χ2v) is 3.01. The van der Waals surface area contributed by atoms with Crippen molar-refractivity contribution < 1.29 is 13.9 Å². The first kappa shape index (κ1) is 9.96. The van der Waals surface area contributed by atoms with Gasteiger partial charge in [-0.2, -0.15) is 0 Å². The maximum absolute atomic E-state index is 12.8. The topological polar surface area (TPSA) is 20.2 Å².